The Labute approximate surface area is 91.3 Å². The summed E-state index contributed by atoms with van der Waals surface area (Å²) < 4.78 is 0. The molecule has 0 spiro atoms. The normalized spacial score (nSPS) is 19.6. The van der Waals surface area contributed by atoms with Crippen molar-refractivity contribution in [3.8, 4) is 0 Å². The van der Waals surface area contributed by atoms with Crippen molar-refractivity contribution < 1.29 is 19.2 Å². The summed E-state index contributed by atoms with van der Waals surface area (Å²) in [5.74, 6) is -4.28. The Morgan fingerprint density at radius 3 is 2.12 bits per heavy atom. The minimum atomic E-state index is -1.44. The van der Waals surface area contributed by atoms with Gasteiger partial charge in [0.05, 0.1) is 0 Å². The van der Waals surface area contributed by atoms with Gasteiger partial charge in [-0.1, -0.05) is 24.3 Å². The van der Waals surface area contributed by atoms with E-state index in [1.165, 1.54) is 12.1 Å². The van der Waals surface area contributed by atoms with Crippen LogP contribution in [0.1, 0.15) is 27.6 Å². The minimum absolute atomic E-state index is 0.0926. The van der Waals surface area contributed by atoms with E-state index in [-0.39, 0.29) is 11.1 Å². The van der Waals surface area contributed by atoms with Gasteiger partial charge in [0.1, 0.15) is 11.7 Å². The largest absolute Gasteiger partial charge is 0.299 e. The number of benzene rings is 1. The summed E-state index contributed by atoms with van der Waals surface area (Å²) >= 11 is 0. The van der Waals surface area contributed by atoms with Crippen molar-refractivity contribution >= 4 is 23.1 Å². The number of hydrogen-bond donors (Lipinski definition) is 0. The van der Waals surface area contributed by atoms with Gasteiger partial charge in [0.15, 0.2) is 5.78 Å². The maximum Gasteiger partial charge on any atom is 0.230 e. The highest BCUT2D eigenvalue weighted by Crippen LogP contribution is 2.23. The predicted molar refractivity (Wildman–Crippen MR) is 54.3 cm³/mol. The molecule has 0 radical (unpaired) electrons. The van der Waals surface area contributed by atoms with Crippen LogP contribution in [-0.2, 0) is 9.59 Å². The molecule has 4 nitrogen and oxygen atoms in total. The summed E-state index contributed by atoms with van der Waals surface area (Å²) in [5.41, 5.74) is 0.252. The van der Waals surface area contributed by atoms with E-state index in [4.69, 9.17) is 0 Å². The topological polar surface area (TPSA) is 68.3 Å². The lowest BCUT2D eigenvalue weighted by Crippen LogP contribution is -2.40. The summed E-state index contributed by atoms with van der Waals surface area (Å²) in [7, 11) is 0. The van der Waals surface area contributed by atoms with Gasteiger partial charge in [-0.25, -0.2) is 0 Å². The molecule has 0 amide bonds. The Hall–Kier alpha value is -2.10. The molecule has 2 rings (SSSR count). The van der Waals surface area contributed by atoms with E-state index in [9.17, 15) is 19.2 Å². The molecule has 0 aliphatic heterocycles. The van der Waals surface area contributed by atoms with Crippen LogP contribution in [0, 0.1) is 5.92 Å². The van der Waals surface area contributed by atoms with Crippen LogP contribution < -0.4 is 0 Å². The molecule has 0 N–H and O–H groups in total. The number of carbonyl (C=O) groups excluding carboxylic acids is 4. The Kier molecular flexibility index (Phi) is 2.27. The monoisotopic (exact) mass is 216 g/mol. The number of hydrogen-bond acceptors (Lipinski definition) is 4. The van der Waals surface area contributed by atoms with Gasteiger partial charge in [-0.3, -0.25) is 19.2 Å². The molecule has 1 aromatic rings. The van der Waals surface area contributed by atoms with Crippen LogP contribution in [0.5, 0.6) is 0 Å². The lowest BCUT2D eigenvalue weighted by Gasteiger charge is -2.18. The third-order valence-electron chi connectivity index (χ3n) is 2.59. The average Bonchev–Trinajstić information content (AvgIpc) is 2.26. The van der Waals surface area contributed by atoms with Gasteiger partial charge >= 0.3 is 0 Å². The van der Waals surface area contributed by atoms with E-state index in [0.717, 1.165) is 6.92 Å². The van der Waals surface area contributed by atoms with Gasteiger partial charge < -0.3 is 0 Å². The fourth-order valence-corrected chi connectivity index (χ4v) is 1.80. The fraction of sp³-hybridized carbons (Fsp3) is 0.167. The van der Waals surface area contributed by atoms with Gasteiger partial charge in [-0.05, 0) is 6.92 Å². The molecular formula is C12H8O4. The first-order chi connectivity index (χ1) is 7.54. The third kappa shape index (κ3) is 1.31. The highest BCUT2D eigenvalue weighted by Gasteiger charge is 2.42. The van der Waals surface area contributed by atoms with Crippen molar-refractivity contribution in [2.75, 3.05) is 0 Å². The van der Waals surface area contributed by atoms with Crippen molar-refractivity contribution in [1.29, 1.82) is 0 Å². The maximum absolute atomic E-state index is 11.8. The predicted octanol–water partition coefficient (Wildman–Crippen LogP) is 0.840. The lowest BCUT2D eigenvalue weighted by atomic mass is 9.79. The van der Waals surface area contributed by atoms with Gasteiger partial charge in [0.25, 0.3) is 0 Å². The van der Waals surface area contributed by atoms with Gasteiger partial charge in [-0.2, -0.15) is 0 Å². The van der Waals surface area contributed by atoms with Crippen molar-refractivity contribution in [2.24, 2.45) is 5.92 Å². The molecular weight excluding hydrogens is 208 g/mol. The summed E-state index contributed by atoms with van der Waals surface area (Å²) in [6, 6.07) is 6.05. The highest BCUT2D eigenvalue weighted by atomic mass is 16.2. The maximum atomic E-state index is 11.8. The van der Waals surface area contributed by atoms with Crippen LogP contribution in [0.25, 0.3) is 0 Å². The summed E-state index contributed by atoms with van der Waals surface area (Å²) in [6.07, 6.45) is 0. The second-order valence-electron chi connectivity index (χ2n) is 3.65. The summed E-state index contributed by atoms with van der Waals surface area (Å²) in [6.45, 7) is 1.14. The zero-order chi connectivity index (χ0) is 11.9. The number of carbonyl (C=O) groups is 4. The second-order valence-corrected chi connectivity index (χ2v) is 3.65. The Morgan fingerprint density at radius 2 is 1.56 bits per heavy atom. The van der Waals surface area contributed by atoms with Crippen molar-refractivity contribution in [2.45, 2.75) is 6.92 Å². The first-order valence-corrected chi connectivity index (χ1v) is 4.76. The quantitative estimate of drug-likeness (QED) is 0.515. The van der Waals surface area contributed by atoms with Crippen LogP contribution in [0.2, 0.25) is 0 Å². The second kappa shape index (κ2) is 3.48. The summed E-state index contributed by atoms with van der Waals surface area (Å²) in [4.78, 5) is 46.2. The fourth-order valence-electron chi connectivity index (χ4n) is 1.80. The molecule has 16 heavy (non-hydrogen) atoms. The standard InChI is InChI=1S/C12H8O4/c1-6(13)9-10(14)7-4-2-3-5-8(7)11(15)12(9)16/h2-5,9H,1H3. The molecule has 0 aromatic heterocycles. The van der Waals surface area contributed by atoms with Crippen LogP contribution in [0.4, 0.5) is 0 Å². The van der Waals surface area contributed by atoms with Crippen molar-refractivity contribution in [3.63, 3.8) is 0 Å². The molecule has 80 valence electrons. The Bertz CT molecular complexity index is 528. The van der Waals surface area contributed by atoms with E-state index in [1.807, 2.05) is 0 Å². The molecule has 0 fully saturated rings. The Morgan fingerprint density at radius 1 is 1.00 bits per heavy atom. The SMILES string of the molecule is CC(=O)C1C(=O)C(=O)c2ccccc2C1=O. The van der Waals surface area contributed by atoms with Crippen LogP contribution in [-0.4, -0.2) is 23.1 Å². The molecule has 1 aromatic carbocycles. The van der Waals surface area contributed by atoms with Crippen molar-refractivity contribution in [1.82, 2.24) is 0 Å². The van der Waals surface area contributed by atoms with Gasteiger partial charge in [0, 0.05) is 11.1 Å². The molecule has 4 heteroatoms. The first-order valence-electron chi connectivity index (χ1n) is 4.76. The van der Waals surface area contributed by atoms with Crippen molar-refractivity contribution in [3.05, 3.63) is 35.4 Å². The number of rotatable bonds is 1. The molecule has 0 saturated carbocycles. The molecule has 0 bridgehead atoms. The van der Waals surface area contributed by atoms with E-state index < -0.39 is 29.1 Å². The van der Waals surface area contributed by atoms with E-state index in [1.54, 1.807) is 12.1 Å². The van der Waals surface area contributed by atoms with E-state index in [0.29, 0.717) is 0 Å². The molecule has 1 aliphatic rings. The zero-order valence-corrected chi connectivity index (χ0v) is 8.52. The van der Waals surface area contributed by atoms with Crippen LogP contribution in [0.15, 0.2) is 24.3 Å². The molecule has 1 aliphatic carbocycles. The molecule has 1 atom stereocenters. The van der Waals surface area contributed by atoms with E-state index in [2.05, 4.69) is 0 Å². The molecule has 1 unspecified atom stereocenters. The Balaban J connectivity index is 2.65. The minimum Gasteiger partial charge on any atom is -0.299 e. The zero-order valence-electron chi connectivity index (χ0n) is 8.52. The van der Waals surface area contributed by atoms with E-state index >= 15 is 0 Å². The number of ketones is 4. The third-order valence-corrected chi connectivity index (χ3v) is 2.59. The number of Topliss-reactive ketones (excluding diaryl/α,β-unsaturated/α-hetero) is 4. The smallest absolute Gasteiger partial charge is 0.230 e. The first kappa shape index (κ1) is 10.4. The number of fused-ring (bicyclic) bond motifs is 1. The summed E-state index contributed by atoms with van der Waals surface area (Å²) in [5, 5.41) is 0. The van der Waals surface area contributed by atoms with Crippen LogP contribution >= 0.6 is 0 Å². The molecule has 0 heterocycles. The highest BCUT2D eigenvalue weighted by molar-refractivity contribution is 6.55. The van der Waals surface area contributed by atoms with Gasteiger partial charge in [0.2, 0.25) is 11.6 Å². The van der Waals surface area contributed by atoms with Crippen LogP contribution in [0.3, 0.4) is 0 Å². The van der Waals surface area contributed by atoms with Gasteiger partial charge in [-0.15, -0.1) is 0 Å². The molecule has 0 saturated heterocycles. The average molecular weight is 216 g/mol. The lowest BCUT2D eigenvalue weighted by molar-refractivity contribution is -0.127.